The van der Waals surface area contributed by atoms with Crippen LogP contribution in [-0.2, 0) is 0 Å². The highest BCUT2D eigenvalue weighted by Gasteiger charge is 2.21. The number of thiophene rings is 1. The van der Waals surface area contributed by atoms with Gasteiger partial charge in [0.15, 0.2) is 0 Å². The van der Waals surface area contributed by atoms with E-state index in [0.29, 0.717) is 23.7 Å². The zero-order valence-corrected chi connectivity index (χ0v) is 17.0. The van der Waals surface area contributed by atoms with Crippen LogP contribution in [0, 0.1) is 0 Å². The number of carbonyl (C=O) groups is 1. The van der Waals surface area contributed by atoms with E-state index in [9.17, 15) is 4.79 Å². The predicted molar refractivity (Wildman–Crippen MR) is 114 cm³/mol. The van der Waals surface area contributed by atoms with Gasteiger partial charge >= 0.3 is 0 Å². The van der Waals surface area contributed by atoms with Crippen molar-refractivity contribution in [2.24, 2.45) is 0 Å². The second kappa shape index (κ2) is 8.76. The molecule has 0 bridgehead atoms. The second-order valence-corrected chi connectivity index (χ2v) is 7.99. The van der Waals surface area contributed by atoms with Crippen LogP contribution in [0.3, 0.4) is 0 Å². The number of benzene rings is 2. The highest BCUT2D eigenvalue weighted by atomic mass is 32.1. The molecule has 2 heterocycles. The molecular weight excluding hydrogens is 370 g/mol. The van der Waals surface area contributed by atoms with Gasteiger partial charge in [-0.2, -0.15) is 0 Å². The maximum atomic E-state index is 13.2. The molecule has 28 heavy (non-hydrogen) atoms. The Morgan fingerprint density at radius 1 is 1.04 bits per heavy atom. The molecular formula is C23H25NO3S. The summed E-state index contributed by atoms with van der Waals surface area (Å²) >= 11 is 1.50. The number of ether oxygens (including phenoxy) is 2. The summed E-state index contributed by atoms with van der Waals surface area (Å²) in [4.78, 5) is 16.3. The van der Waals surface area contributed by atoms with Gasteiger partial charge in [-0.3, -0.25) is 9.69 Å². The molecule has 2 aromatic carbocycles. The molecule has 5 heteroatoms. The third-order valence-corrected chi connectivity index (χ3v) is 6.19. The van der Waals surface area contributed by atoms with Gasteiger partial charge in [-0.25, -0.2) is 0 Å². The number of hydrogen-bond acceptors (Lipinski definition) is 5. The quantitative estimate of drug-likeness (QED) is 0.503. The molecule has 0 radical (unpaired) electrons. The average molecular weight is 396 g/mol. The highest BCUT2D eigenvalue weighted by molar-refractivity contribution is 7.21. The number of likely N-dealkylation sites (tertiary alicyclic amines) is 1. The van der Waals surface area contributed by atoms with Gasteiger partial charge in [0.25, 0.3) is 0 Å². The molecule has 0 saturated carbocycles. The fourth-order valence-electron chi connectivity index (χ4n) is 3.60. The van der Waals surface area contributed by atoms with Gasteiger partial charge in [-0.1, -0.05) is 12.1 Å². The van der Waals surface area contributed by atoms with Crippen LogP contribution >= 0.6 is 11.3 Å². The molecule has 0 N–H and O–H groups in total. The normalized spacial score (nSPS) is 14.5. The van der Waals surface area contributed by atoms with Gasteiger partial charge < -0.3 is 9.47 Å². The van der Waals surface area contributed by atoms with Crippen LogP contribution in [0.2, 0.25) is 0 Å². The lowest BCUT2D eigenvalue weighted by Crippen LogP contribution is -2.25. The van der Waals surface area contributed by atoms with Crippen LogP contribution in [0.5, 0.6) is 11.5 Å². The van der Waals surface area contributed by atoms with Crippen LogP contribution in [0.15, 0.2) is 48.5 Å². The molecule has 146 valence electrons. The summed E-state index contributed by atoms with van der Waals surface area (Å²) in [6, 6.07) is 15.4. The third kappa shape index (κ3) is 4.05. The Bertz CT molecular complexity index is 942. The molecule has 1 aromatic heterocycles. The fraction of sp³-hybridized carbons (Fsp3) is 0.348. The van der Waals surface area contributed by atoms with Crippen molar-refractivity contribution >= 4 is 27.2 Å². The fourth-order valence-corrected chi connectivity index (χ4v) is 4.71. The Kier molecular flexibility index (Phi) is 5.93. The lowest BCUT2D eigenvalue weighted by molar-refractivity contribution is 0.103. The Labute approximate surface area is 169 Å². The maximum absolute atomic E-state index is 13.2. The SMILES string of the molecule is CCOc1ccc(C(=O)c2sc3ccccc3c2OCCN2CCCC2)cc1. The summed E-state index contributed by atoms with van der Waals surface area (Å²) in [7, 11) is 0. The molecule has 1 saturated heterocycles. The van der Waals surface area contributed by atoms with Crippen LogP contribution < -0.4 is 9.47 Å². The van der Waals surface area contributed by atoms with E-state index >= 15 is 0 Å². The van der Waals surface area contributed by atoms with Crippen molar-refractivity contribution in [3.8, 4) is 11.5 Å². The molecule has 3 aromatic rings. The smallest absolute Gasteiger partial charge is 0.206 e. The van der Waals surface area contributed by atoms with Gasteiger partial charge in [0.2, 0.25) is 5.78 Å². The first kappa shape index (κ1) is 19.0. The summed E-state index contributed by atoms with van der Waals surface area (Å²) in [6.45, 7) is 6.35. The lowest BCUT2D eigenvalue weighted by Gasteiger charge is -2.15. The molecule has 0 unspecified atom stereocenters. The van der Waals surface area contributed by atoms with E-state index < -0.39 is 0 Å². The monoisotopic (exact) mass is 395 g/mol. The topological polar surface area (TPSA) is 38.8 Å². The van der Waals surface area contributed by atoms with Crippen molar-refractivity contribution in [1.82, 2.24) is 4.90 Å². The van der Waals surface area contributed by atoms with Gasteiger partial charge in [0.05, 0.1) is 6.61 Å². The van der Waals surface area contributed by atoms with Crippen LogP contribution in [0.4, 0.5) is 0 Å². The van der Waals surface area contributed by atoms with E-state index in [2.05, 4.69) is 4.90 Å². The van der Waals surface area contributed by atoms with Crippen LogP contribution in [0.1, 0.15) is 35.0 Å². The van der Waals surface area contributed by atoms with E-state index in [1.807, 2.05) is 55.5 Å². The number of fused-ring (bicyclic) bond motifs is 1. The van der Waals surface area contributed by atoms with Crippen molar-refractivity contribution in [3.63, 3.8) is 0 Å². The summed E-state index contributed by atoms with van der Waals surface area (Å²) in [6.07, 6.45) is 2.53. The predicted octanol–water partition coefficient (Wildman–Crippen LogP) is 5.01. The first-order chi connectivity index (χ1) is 13.8. The Morgan fingerprint density at radius 3 is 2.54 bits per heavy atom. The van der Waals surface area contributed by atoms with Gasteiger partial charge in [-0.05, 0) is 69.3 Å². The minimum Gasteiger partial charge on any atom is -0.494 e. The van der Waals surface area contributed by atoms with Crippen molar-refractivity contribution < 1.29 is 14.3 Å². The van der Waals surface area contributed by atoms with Crippen molar-refractivity contribution in [3.05, 3.63) is 59.0 Å². The van der Waals surface area contributed by atoms with Crippen LogP contribution in [-0.4, -0.2) is 43.5 Å². The largest absolute Gasteiger partial charge is 0.494 e. The molecule has 0 aliphatic carbocycles. The van der Waals surface area contributed by atoms with E-state index in [1.165, 1.54) is 24.2 Å². The third-order valence-electron chi connectivity index (χ3n) is 5.04. The molecule has 4 rings (SSSR count). The zero-order chi connectivity index (χ0) is 19.3. The second-order valence-electron chi connectivity index (χ2n) is 6.94. The van der Waals surface area contributed by atoms with Crippen LogP contribution in [0.25, 0.3) is 10.1 Å². The van der Waals surface area contributed by atoms with Gasteiger partial charge in [0.1, 0.15) is 23.0 Å². The first-order valence-electron chi connectivity index (χ1n) is 9.90. The Balaban J connectivity index is 1.58. The lowest BCUT2D eigenvalue weighted by atomic mass is 10.1. The zero-order valence-electron chi connectivity index (χ0n) is 16.1. The molecule has 1 aliphatic rings. The van der Waals surface area contributed by atoms with E-state index in [1.54, 1.807) is 0 Å². The number of rotatable bonds is 8. The van der Waals surface area contributed by atoms with E-state index in [-0.39, 0.29) is 5.78 Å². The maximum Gasteiger partial charge on any atom is 0.206 e. The summed E-state index contributed by atoms with van der Waals surface area (Å²) < 4.78 is 12.7. The van der Waals surface area contributed by atoms with Crippen molar-refractivity contribution in [2.45, 2.75) is 19.8 Å². The van der Waals surface area contributed by atoms with E-state index in [0.717, 1.165) is 41.2 Å². The molecule has 0 atom stereocenters. The Hall–Kier alpha value is -2.37. The van der Waals surface area contributed by atoms with E-state index in [4.69, 9.17) is 9.47 Å². The first-order valence-corrected chi connectivity index (χ1v) is 10.7. The molecule has 1 aliphatic heterocycles. The number of carbonyl (C=O) groups excluding carboxylic acids is 1. The molecule has 0 spiro atoms. The number of ketones is 1. The Morgan fingerprint density at radius 2 is 1.79 bits per heavy atom. The van der Waals surface area contributed by atoms with Crippen molar-refractivity contribution in [2.75, 3.05) is 32.8 Å². The van der Waals surface area contributed by atoms with Gasteiger partial charge in [-0.15, -0.1) is 11.3 Å². The standard InChI is InChI=1S/C23H25NO3S/c1-2-26-18-11-9-17(10-12-18)21(25)23-22(19-7-3-4-8-20(19)28-23)27-16-15-24-13-5-6-14-24/h3-4,7-12H,2,5-6,13-16H2,1H3. The number of hydrogen-bond donors (Lipinski definition) is 0. The minimum atomic E-state index is 0.000390. The average Bonchev–Trinajstić information content (AvgIpc) is 3.37. The summed E-state index contributed by atoms with van der Waals surface area (Å²) in [5.41, 5.74) is 0.652. The highest BCUT2D eigenvalue weighted by Crippen LogP contribution is 2.39. The molecule has 1 fully saturated rings. The summed E-state index contributed by atoms with van der Waals surface area (Å²) in [5, 5.41) is 1.02. The summed E-state index contributed by atoms with van der Waals surface area (Å²) in [5.74, 6) is 1.50. The molecule has 0 amide bonds. The molecule has 4 nitrogen and oxygen atoms in total. The minimum absolute atomic E-state index is 0.000390. The van der Waals surface area contributed by atoms with Crippen molar-refractivity contribution in [1.29, 1.82) is 0 Å². The van der Waals surface area contributed by atoms with Gasteiger partial charge in [0, 0.05) is 22.2 Å². The number of nitrogens with zero attached hydrogens (tertiary/aromatic N) is 1.